The van der Waals surface area contributed by atoms with Crippen LogP contribution in [0.3, 0.4) is 0 Å². The Morgan fingerprint density at radius 1 is 0.925 bits per heavy atom. The van der Waals surface area contributed by atoms with Gasteiger partial charge >= 0.3 is 5.97 Å². The van der Waals surface area contributed by atoms with Gasteiger partial charge in [-0.25, -0.2) is 4.79 Å². The highest BCUT2D eigenvalue weighted by molar-refractivity contribution is 6.39. The van der Waals surface area contributed by atoms with Crippen LogP contribution in [0.25, 0.3) is 0 Å². The van der Waals surface area contributed by atoms with Crippen LogP contribution in [0.4, 0.5) is 5.69 Å². The Morgan fingerprint density at radius 3 is 2.22 bits per heavy atom. The number of allylic oxidation sites excluding steroid dienone is 3. The van der Waals surface area contributed by atoms with E-state index in [2.05, 4.69) is 32.6 Å². The Labute approximate surface area is 397 Å². The predicted molar refractivity (Wildman–Crippen MR) is 250 cm³/mol. The van der Waals surface area contributed by atoms with E-state index in [-0.39, 0.29) is 67.2 Å². The van der Waals surface area contributed by atoms with Gasteiger partial charge in [-0.15, -0.1) is 0 Å². The number of carbonyl (C=O) groups is 3. The van der Waals surface area contributed by atoms with Gasteiger partial charge in [-0.1, -0.05) is 50.6 Å². The molecule has 3 aliphatic heterocycles. The third-order valence-corrected chi connectivity index (χ3v) is 14.4. The van der Waals surface area contributed by atoms with Crippen molar-refractivity contribution in [2.24, 2.45) is 34.7 Å². The van der Waals surface area contributed by atoms with E-state index in [9.17, 15) is 29.7 Å². The number of rotatable bonds is 9. The molecule has 0 aromatic heterocycles. The number of cyclic esters (lactones) is 1. The van der Waals surface area contributed by atoms with Gasteiger partial charge in [0.1, 0.15) is 30.5 Å². The van der Waals surface area contributed by atoms with Crippen molar-refractivity contribution in [3.8, 4) is 0 Å². The van der Waals surface area contributed by atoms with Crippen molar-refractivity contribution in [2.75, 3.05) is 27.9 Å². The second-order valence-corrected chi connectivity index (χ2v) is 19.4. The number of fused-ring (bicyclic) bond motifs is 3. The molecule has 0 spiro atoms. The number of esters is 1. The minimum absolute atomic E-state index is 0. The van der Waals surface area contributed by atoms with Crippen LogP contribution < -0.4 is 5.73 Å². The van der Waals surface area contributed by atoms with Crippen LogP contribution in [0, 0.1) is 29.6 Å². The van der Waals surface area contributed by atoms with E-state index in [1.165, 1.54) is 4.90 Å². The van der Waals surface area contributed by atoms with Crippen molar-refractivity contribution < 1.29 is 74.9 Å². The number of nitrogens with zero attached hydrogens (tertiary/aromatic N) is 2. The smallest absolute Gasteiger partial charge is 0.329 e. The molecule has 2 saturated heterocycles. The number of methoxy groups -OCH3 is 3. The molecular formula is C50H81N3O14. The summed E-state index contributed by atoms with van der Waals surface area (Å²) in [5, 5.41) is 39.7. The van der Waals surface area contributed by atoms with E-state index in [0.717, 1.165) is 16.8 Å². The number of hydrogen-bond donors (Lipinski definition) is 4. The molecule has 1 aliphatic carbocycles. The third kappa shape index (κ3) is 14.5. The number of Topliss-reactive ketones (excluding diaryl/α,β-unsaturated/α-hetero) is 1. The standard InChI is InChI=1S/C50H77N3O12.2H2O/c1-10-36-22-29(2)21-30(3)23-43(61-8)46-44(62-9)25-32(5)50(59,65-46)47(56)48(57)53-20-12-11-13-39(53)49(58)64-45(31(4)24-35-16-19-40(54)42(26-35)60-7)33(6)41(55)27-38(36)52-63-28-34-14-17-37(51)18-15-34;;/h14-15,17-18,22,24,30,32-33,35-36,39-46,54-55,59H,10-13,16,19-21,23,25-28,51H2,1-9H3;2*1H2/b29-22+,31-24+,52-38-;;/t30-,32+,33+,35-,36+,39-,40+,41-,42+,43-,44-,45+,46+,50+;;/m0../s1. The maximum atomic E-state index is 14.6. The van der Waals surface area contributed by atoms with Crippen molar-refractivity contribution in [3.05, 3.63) is 53.1 Å². The van der Waals surface area contributed by atoms with Crippen LogP contribution in [-0.2, 0) is 49.5 Å². The monoisotopic (exact) mass is 948 g/mol. The molecule has 4 aliphatic rings. The van der Waals surface area contributed by atoms with Gasteiger partial charge in [-0.2, -0.15) is 0 Å². The Kier molecular flexibility index (Phi) is 22.7. The molecule has 2 bridgehead atoms. The summed E-state index contributed by atoms with van der Waals surface area (Å²) in [7, 11) is 4.69. The maximum absolute atomic E-state index is 14.6. The number of quaternary nitrogens is 1. The van der Waals surface area contributed by atoms with Crippen LogP contribution in [0.1, 0.15) is 118 Å². The molecular weight excluding hydrogens is 867 g/mol. The molecule has 1 aromatic carbocycles. The minimum atomic E-state index is -2.51. The summed E-state index contributed by atoms with van der Waals surface area (Å²) < 4.78 is 30.3. The highest BCUT2D eigenvalue weighted by atomic mass is 16.7. The Morgan fingerprint density at radius 2 is 1.58 bits per heavy atom. The SMILES string of the molecule is CC[C@@H]1/C=C(\C)C[C@H](C)C[C@H](OC)[C@H]2O[C@@](O)(C(=O)C(=O)N3CCCC[C@H]3C(=O)O[C@H](/C(C)=C/[C@@H]3CC[C@@H](O)[C@H](OC)C3)[C@H](C)[C@@H](O)C/C1=N/OCc1ccc([NH3+])cc1)[C@H](C)C[C@@H]2OC.O.[OH-]. The first-order chi connectivity index (χ1) is 30.9. The molecule has 3 heterocycles. The molecule has 380 valence electrons. The molecule has 5 rings (SSSR count). The molecule has 9 N–H and O–H groups in total. The van der Waals surface area contributed by atoms with E-state index in [4.69, 9.17) is 33.7 Å². The van der Waals surface area contributed by atoms with Gasteiger partial charge in [-0.05, 0) is 125 Å². The average Bonchev–Trinajstić information content (AvgIpc) is 3.29. The number of aliphatic hydroxyl groups is 3. The van der Waals surface area contributed by atoms with Gasteiger partial charge in [0.2, 0.25) is 5.79 Å². The summed E-state index contributed by atoms with van der Waals surface area (Å²) in [6.07, 6.45) is 4.57. The zero-order chi connectivity index (χ0) is 47.6. The number of ketones is 1. The van der Waals surface area contributed by atoms with E-state index < -0.39 is 77.9 Å². The first-order valence-electron chi connectivity index (χ1n) is 23.8. The van der Waals surface area contributed by atoms with Crippen molar-refractivity contribution in [2.45, 2.75) is 173 Å². The number of hydrogen-bond acceptors (Lipinski definition) is 14. The average molecular weight is 948 g/mol. The second kappa shape index (κ2) is 26.4. The largest absolute Gasteiger partial charge is 0.870 e. The van der Waals surface area contributed by atoms with Crippen LogP contribution in [0.15, 0.2) is 52.7 Å². The topological polar surface area (TPSA) is 272 Å². The molecule has 67 heavy (non-hydrogen) atoms. The number of amides is 1. The highest BCUT2D eigenvalue weighted by Gasteiger charge is 2.56. The van der Waals surface area contributed by atoms with Crippen molar-refractivity contribution >= 4 is 29.1 Å². The molecule has 0 radical (unpaired) electrons. The van der Waals surface area contributed by atoms with Crippen LogP contribution >= 0.6 is 0 Å². The lowest BCUT2D eigenvalue weighted by molar-refractivity contribution is -0.302. The normalized spacial score (nSPS) is 36.9. The Hall–Kier alpha value is -3.62. The molecule has 1 saturated carbocycles. The summed E-state index contributed by atoms with van der Waals surface area (Å²) in [5.41, 5.74) is 8.20. The summed E-state index contributed by atoms with van der Waals surface area (Å²) in [4.78, 5) is 50.6. The summed E-state index contributed by atoms with van der Waals surface area (Å²) in [6.45, 7) is 11.9. The van der Waals surface area contributed by atoms with Gasteiger partial charge in [0.05, 0.1) is 36.2 Å². The van der Waals surface area contributed by atoms with E-state index in [1.807, 2.05) is 44.2 Å². The number of carbonyl (C=O) groups excluding carboxylic acids is 3. The first kappa shape index (κ1) is 57.7. The molecule has 0 unspecified atom stereocenters. The van der Waals surface area contributed by atoms with Crippen molar-refractivity contribution in [3.63, 3.8) is 0 Å². The maximum Gasteiger partial charge on any atom is 0.329 e. The lowest BCUT2D eigenvalue weighted by Crippen LogP contribution is -2.64. The zero-order valence-electron chi connectivity index (χ0n) is 41.2. The summed E-state index contributed by atoms with van der Waals surface area (Å²) >= 11 is 0. The van der Waals surface area contributed by atoms with Gasteiger partial charge in [0.25, 0.3) is 11.7 Å². The molecule has 17 nitrogen and oxygen atoms in total. The number of oxime groups is 1. The Bertz CT molecular complexity index is 1840. The van der Waals surface area contributed by atoms with E-state index >= 15 is 0 Å². The number of ether oxygens (including phenoxy) is 5. The lowest BCUT2D eigenvalue weighted by Gasteiger charge is -2.47. The molecule has 17 heteroatoms. The third-order valence-electron chi connectivity index (χ3n) is 14.4. The molecule has 1 amide bonds. The number of benzene rings is 1. The van der Waals surface area contributed by atoms with Gasteiger partial charge in [0.15, 0.2) is 0 Å². The fourth-order valence-corrected chi connectivity index (χ4v) is 10.3. The van der Waals surface area contributed by atoms with E-state index in [0.29, 0.717) is 62.7 Å². The van der Waals surface area contributed by atoms with Crippen molar-refractivity contribution in [1.29, 1.82) is 0 Å². The zero-order valence-corrected chi connectivity index (χ0v) is 41.2. The van der Waals surface area contributed by atoms with Gasteiger partial charge < -0.3 is 65.4 Å². The minimum Gasteiger partial charge on any atom is -0.870 e. The predicted octanol–water partition coefficient (Wildman–Crippen LogP) is 4.35. The fraction of sp³-hybridized carbons (Fsp3) is 0.720. The molecule has 1 aromatic rings. The lowest BCUT2D eigenvalue weighted by atomic mass is 9.81. The van der Waals surface area contributed by atoms with Crippen LogP contribution in [0.5, 0.6) is 0 Å². The Balaban J connectivity index is 0.00000595. The second-order valence-electron chi connectivity index (χ2n) is 19.4. The number of piperidine rings is 1. The van der Waals surface area contributed by atoms with Gasteiger partial charge in [0, 0.05) is 52.0 Å². The van der Waals surface area contributed by atoms with Crippen LogP contribution in [-0.4, -0.2) is 137 Å². The van der Waals surface area contributed by atoms with Gasteiger partial charge in [-0.3, -0.25) is 9.59 Å². The van der Waals surface area contributed by atoms with E-state index in [1.54, 1.807) is 28.3 Å². The quantitative estimate of drug-likeness (QED) is 0.116. The van der Waals surface area contributed by atoms with Crippen molar-refractivity contribution in [1.82, 2.24) is 4.90 Å². The summed E-state index contributed by atoms with van der Waals surface area (Å²) in [6, 6.07) is 6.57. The number of aliphatic hydroxyl groups excluding tert-OH is 2. The highest BCUT2D eigenvalue weighted by Crippen LogP contribution is 2.39. The first-order valence-corrected chi connectivity index (χ1v) is 23.8. The summed E-state index contributed by atoms with van der Waals surface area (Å²) in [5.74, 6) is -7.05. The van der Waals surface area contributed by atoms with Crippen LogP contribution in [0.2, 0.25) is 0 Å². The fourth-order valence-electron chi connectivity index (χ4n) is 10.3. The molecule has 14 atom stereocenters. The molecule has 3 fully saturated rings.